The van der Waals surface area contributed by atoms with Gasteiger partial charge < -0.3 is 10.1 Å². The van der Waals surface area contributed by atoms with Gasteiger partial charge in [-0.1, -0.05) is 12.6 Å². The summed E-state index contributed by atoms with van der Waals surface area (Å²) in [6.45, 7) is 8.61. The van der Waals surface area contributed by atoms with Crippen molar-refractivity contribution in [3.05, 3.63) is 40.4 Å². The Morgan fingerprint density at radius 3 is 3.00 bits per heavy atom. The highest BCUT2D eigenvalue weighted by molar-refractivity contribution is 9.10. The molecule has 1 fully saturated rings. The molecule has 1 aliphatic heterocycles. The van der Waals surface area contributed by atoms with E-state index in [9.17, 15) is 0 Å². The maximum absolute atomic E-state index is 5.68. The SMILES string of the molecule is C=C(C)COc1ccc(C2CCCNC2)cc1Br. The Labute approximate surface area is 118 Å². The van der Waals surface area contributed by atoms with Crippen molar-refractivity contribution in [2.24, 2.45) is 0 Å². The van der Waals surface area contributed by atoms with Gasteiger partial charge in [0.15, 0.2) is 0 Å². The molecule has 0 saturated carbocycles. The van der Waals surface area contributed by atoms with Crippen LogP contribution >= 0.6 is 15.9 Å². The van der Waals surface area contributed by atoms with E-state index in [2.05, 4.69) is 46.0 Å². The first-order valence-electron chi connectivity index (χ1n) is 6.44. The standard InChI is InChI=1S/C15H20BrNO/c1-11(2)10-18-15-6-5-12(8-14(15)16)13-4-3-7-17-9-13/h5-6,8,13,17H,1,3-4,7,9-10H2,2H3. The molecule has 1 unspecified atom stereocenters. The first-order chi connectivity index (χ1) is 8.66. The molecule has 0 aliphatic carbocycles. The van der Waals surface area contributed by atoms with Crippen LogP contribution in [-0.2, 0) is 0 Å². The molecule has 0 bridgehead atoms. The molecule has 1 aliphatic rings. The van der Waals surface area contributed by atoms with Gasteiger partial charge in [0, 0.05) is 6.54 Å². The van der Waals surface area contributed by atoms with Gasteiger partial charge in [-0.3, -0.25) is 0 Å². The second-order valence-corrected chi connectivity index (χ2v) is 5.83. The van der Waals surface area contributed by atoms with E-state index in [0.29, 0.717) is 12.5 Å². The fourth-order valence-corrected chi connectivity index (χ4v) is 2.74. The van der Waals surface area contributed by atoms with Crippen molar-refractivity contribution < 1.29 is 4.74 Å². The van der Waals surface area contributed by atoms with Crippen molar-refractivity contribution in [1.82, 2.24) is 5.32 Å². The molecular formula is C15H20BrNO. The van der Waals surface area contributed by atoms with Gasteiger partial charge in [0.05, 0.1) is 4.47 Å². The van der Waals surface area contributed by atoms with Gasteiger partial charge in [-0.25, -0.2) is 0 Å². The van der Waals surface area contributed by atoms with E-state index in [4.69, 9.17) is 4.74 Å². The molecule has 0 aromatic heterocycles. The molecule has 0 amide bonds. The number of nitrogens with one attached hydrogen (secondary N) is 1. The Morgan fingerprint density at radius 2 is 2.39 bits per heavy atom. The summed E-state index contributed by atoms with van der Waals surface area (Å²) in [6.07, 6.45) is 2.53. The van der Waals surface area contributed by atoms with E-state index >= 15 is 0 Å². The highest BCUT2D eigenvalue weighted by Crippen LogP contribution is 2.31. The average Bonchev–Trinajstić information content (AvgIpc) is 2.38. The number of rotatable bonds is 4. The number of benzene rings is 1. The fourth-order valence-electron chi connectivity index (χ4n) is 2.23. The third kappa shape index (κ3) is 3.59. The largest absolute Gasteiger partial charge is 0.488 e. The summed E-state index contributed by atoms with van der Waals surface area (Å²) in [7, 11) is 0. The second kappa shape index (κ2) is 6.39. The van der Waals surface area contributed by atoms with Crippen molar-refractivity contribution >= 4 is 15.9 Å². The van der Waals surface area contributed by atoms with Crippen molar-refractivity contribution in [3.8, 4) is 5.75 Å². The van der Waals surface area contributed by atoms with Gasteiger partial charge in [-0.05, 0) is 71.4 Å². The number of halogens is 1. The lowest BCUT2D eigenvalue weighted by Gasteiger charge is -2.23. The zero-order valence-electron chi connectivity index (χ0n) is 10.8. The number of hydrogen-bond donors (Lipinski definition) is 1. The van der Waals surface area contributed by atoms with E-state index in [0.717, 1.165) is 28.9 Å². The lowest BCUT2D eigenvalue weighted by molar-refractivity contribution is 0.350. The third-order valence-electron chi connectivity index (χ3n) is 3.20. The van der Waals surface area contributed by atoms with E-state index < -0.39 is 0 Å². The second-order valence-electron chi connectivity index (χ2n) is 4.98. The summed E-state index contributed by atoms with van der Waals surface area (Å²) in [6, 6.07) is 6.42. The zero-order chi connectivity index (χ0) is 13.0. The van der Waals surface area contributed by atoms with Gasteiger partial charge in [0.2, 0.25) is 0 Å². The average molecular weight is 310 g/mol. The number of piperidine rings is 1. The lowest BCUT2D eigenvalue weighted by atomic mass is 9.92. The molecule has 2 rings (SSSR count). The molecule has 0 spiro atoms. The summed E-state index contributed by atoms with van der Waals surface area (Å²) in [5, 5.41) is 3.45. The van der Waals surface area contributed by atoms with Crippen LogP contribution in [-0.4, -0.2) is 19.7 Å². The maximum Gasteiger partial charge on any atom is 0.133 e. The Kier molecular flexibility index (Phi) is 4.84. The van der Waals surface area contributed by atoms with Crippen LogP contribution in [0.3, 0.4) is 0 Å². The van der Waals surface area contributed by atoms with Crippen molar-refractivity contribution in [2.45, 2.75) is 25.7 Å². The minimum atomic E-state index is 0.572. The summed E-state index contributed by atoms with van der Waals surface area (Å²) in [5.41, 5.74) is 2.42. The lowest BCUT2D eigenvalue weighted by Crippen LogP contribution is -2.28. The zero-order valence-corrected chi connectivity index (χ0v) is 12.4. The maximum atomic E-state index is 5.68. The van der Waals surface area contributed by atoms with Gasteiger partial charge >= 0.3 is 0 Å². The van der Waals surface area contributed by atoms with E-state index in [-0.39, 0.29) is 0 Å². The predicted molar refractivity (Wildman–Crippen MR) is 79.3 cm³/mol. The van der Waals surface area contributed by atoms with Gasteiger partial charge in [0.25, 0.3) is 0 Å². The highest BCUT2D eigenvalue weighted by Gasteiger charge is 2.16. The predicted octanol–water partition coefficient (Wildman–Crippen LogP) is 3.87. The topological polar surface area (TPSA) is 21.3 Å². The van der Waals surface area contributed by atoms with Crippen LogP contribution in [0.4, 0.5) is 0 Å². The molecule has 98 valence electrons. The third-order valence-corrected chi connectivity index (χ3v) is 3.82. The van der Waals surface area contributed by atoms with Crippen LogP contribution < -0.4 is 10.1 Å². The Bertz CT molecular complexity index is 425. The molecule has 1 heterocycles. The van der Waals surface area contributed by atoms with Crippen LogP contribution in [0, 0.1) is 0 Å². The first-order valence-corrected chi connectivity index (χ1v) is 7.23. The molecule has 1 aromatic rings. The van der Waals surface area contributed by atoms with Gasteiger partial charge in [0.1, 0.15) is 12.4 Å². The smallest absolute Gasteiger partial charge is 0.133 e. The summed E-state index contributed by atoms with van der Waals surface area (Å²) in [4.78, 5) is 0. The molecule has 0 radical (unpaired) electrons. The van der Waals surface area contributed by atoms with Crippen LogP contribution in [0.15, 0.2) is 34.8 Å². The molecule has 1 N–H and O–H groups in total. The fraction of sp³-hybridized carbons (Fsp3) is 0.467. The van der Waals surface area contributed by atoms with Crippen molar-refractivity contribution in [2.75, 3.05) is 19.7 Å². The Hall–Kier alpha value is -0.800. The Morgan fingerprint density at radius 1 is 1.56 bits per heavy atom. The molecule has 2 nitrogen and oxygen atoms in total. The summed E-state index contributed by atoms with van der Waals surface area (Å²) in [5.74, 6) is 1.52. The Balaban J connectivity index is 2.06. The molecule has 3 heteroatoms. The quantitative estimate of drug-likeness (QED) is 0.852. The van der Waals surface area contributed by atoms with E-state index in [1.165, 1.54) is 18.4 Å². The van der Waals surface area contributed by atoms with Crippen LogP contribution in [0.5, 0.6) is 5.75 Å². The summed E-state index contributed by atoms with van der Waals surface area (Å²) >= 11 is 3.59. The number of ether oxygens (including phenoxy) is 1. The van der Waals surface area contributed by atoms with Crippen molar-refractivity contribution in [3.63, 3.8) is 0 Å². The monoisotopic (exact) mass is 309 g/mol. The van der Waals surface area contributed by atoms with E-state index in [1.807, 2.05) is 6.92 Å². The van der Waals surface area contributed by atoms with E-state index in [1.54, 1.807) is 0 Å². The highest BCUT2D eigenvalue weighted by atomic mass is 79.9. The summed E-state index contributed by atoms with van der Waals surface area (Å²) < 4.78 is 6.71. The molecular weight excluding hydrogens is 290 g/mol. The van der Waals surface area contributed by atoms with Crippen LogP contribution in [0.1, 0.15) is 31.2 Å². The minimum Gasteiger partial charge on any atom is -0.488 e. The minimum absolute atomic E-state index is 0.572. The first kappa shape index (κ1) is 13.6. The molecule has 1 atom stereocenters. The van der Waals surface area contributed by atoms with Crippen LogP contribution in [0.25, 0.3) is 0 Å². The molecule has 18 heavy (non-hydrogen) atoms. The number of hydrogen-bond acceptors (Lipinski definition) is 2. The van der Waals surface area contributed by atoms with Gasteiger partial charge in [-0.15, -0.1) is 0 Å². The van der Waals surface area contributed by atoms with Gasteiger partial charge in [-0.2, -0.15) is 0 Å². The van der Waals surface area contributed by atoms with Crippen LogP contribution in [0.2, 0.25) is 0 Å². The molecule has 1 saturated heterocycles. The van der Waals surface area contributed by atoms with Crippen molar-refractivity contribution in [1.29, 1.82) is 0 Å². The normalized spacial score (nSPS) is 19.6. The molecule has 1 aromatic carbocycles.